The fourth-order valence-electron chi connectivity index (χ4n) is 2.78. The van der Waals surface area contributed by atoms with Crippen molar-refractivity contribution in [2.45, 2.75) is 18.9 Å². The van der Waals surface area contributed by atoms with E-state index in [0.29, 0.717) is 33.9 Å². The van der Waals surface area contributed by atoms with Gasteiger partial charge in [-0.3, -0.25) is 4.79 Å². The highest BCUT2D eigenvalue weighted by atomic mass is 16.5. The normalized spacial score (nSPS) is 11.2. The van der Waals surface area contributed by atoms with Crippen molar-refractivity contribution >= 4 is 17.6 Å². The first-order chi connectivity index (χ1) is 13.4. The van der Waals surface area contributed by atoms with Crippen LogP contribution in [0.1, 0.15) is 29.2 Å². The van der Waals surface area contributed by atoms with Crippen LogP contribution in [0.5, 0.6) is 11.5 Å². The van der Waals surface area contributed by atoms with Gasteiger partial charge in [-0.1, -0.05) is 0 Å². The molecule has 2 rings (SSSR count). The zero-order valence-corrected chi connectivity index (χ0v) is 15.4. The molecule has 0 heterocycles. The van der Waals surface area contributed by atoms with Crippen LogP contribution >= 0.6 is 0 Å². The molecule has 2 aromatic carbocycles. The monoisotopic (exact) mass is 384 g/mol. The number of benzene rings is 2. The Morgan fingerprint density at radius 1 is 1.14 bits per heavy atom. The molecule has 28 heavy (non-hydrogen) atoms. The summed E-state index contributed by atoms with van der Waals surface area (Å²) in [5.41, 5.74) is 1.76. The lowest BCUT2D eigenvalue weighted by Crippen LogP contribution is -2.22. The fraction of sp³-hybridized carbons (Fsp3) is 0.250. The second-order valence-electron chi connectivity index (χ2n) is 5.90. The minimum Gasteiger partial charge on any atom is -0.497 e. The van der Waals surface area contributed by atoms with Crippen LogP contribution in [-0.4, -0.2) is 36.4 Å². The summed E-state index contributed by atoms with van der Waals surface area (Å²) in [6.45, 7) is 0. The maximum absolute atomic E-state index is 12.0. The SMILES string of the molecule is COc1cc(OC)c(CCC(=O)O)c(C(Nc2ccc(C#N)cc2)C(=O)O)c1. The van der Waals surface area contributed by atoms with Crippen molar-refractivity contribution in [1.29, 1.82) is 5.26 Å². The van der Waals surface area contributed by atoms with Crippen molar-refractivity contribution in [2.75, 3.05) is 19.5 Å². The van der Waals surface area contributed by atoms with E-state index in [0.717, 1.165) is 0 Å². The smallest absolute Gasteiger partial charge is 0.330 e. The lowest BCUT2D eigenvalue weighted by atomic mass is 9.95. The maximum atomic E-state index is 12.0. The van der Waals surface area contributed by atoms with Crippen LogP contribution in [0.4, 0.5) is 5.69 Å². The van der Waals surface area contributed by atoms with Gasteiger partial charge < -0.3 is 25.0 Å². The molecule has 0 aliphatic heterocycles. The largest absolute Gasteiger partial charge is 0.497 e. The molecule has 0 bridgehead atoms. The third-order valence-corrected chi connectivity index (χ3v) is 4.14. The van der Waals surface area contributed by atoms with Gasteiger partial charge in [0.1, 0.15) is 11.5 Å². The van der Waals surface area contributed by atoms with Crippen LogP contribution in [0, 0.1) is 11.3 Å². The van der Waals surface area contributed by atoms with Crippen molar-refractivity contribution in [2.24, 2.45) is 0 Å². The average molecular weight is 384 g/mol. The molecule has 0 saturated heterocycles. The number of carbonyl (C=O) groups is 2. The van der Waals surface area contributed by atoms with E-state index in [1.54, 1.807) is 36.4 Å². The number of hydrogen-bond acceptors (Lipinski definition) is 6. The van der Waals surface area contributed by atoms with Gasteiger partial charge in [-0.25, -0.2) is 4.79 Å². The zero-order valence-electron chi connectivity index (χ0n) is 15.4. The summed E-state index contributed by atoms with van der Waals surface area (Å²) in [6.07, 6.45) is -0.0877. The molecule has 8 heteroatoms. The number of nitrogens with one attached hydrogen (secondary N) is 1. The summed E-state index contributed by atoms with van der Waals surface area (Å²) in [5, 5.41) is 30.6. The molecule has 0 saturated carbocycles. The molecule has 0 aliphatic rings. The first kappa shape index (κ1) is 20.6. The number of hydrogen-bond donors (Lipinski definition) is 3. The molecule has 8 nitrogen and oxygen atoms in total. The second-order valence-corrected chi connectivity index (χ2v) is 5.90. The van der Waals surface area contributed by atoms with Crippen molar-refractivity contribution in [1.82, 2.24) is 0 Å². The molecule has 1 unspecified atom stereocenters. The van der Waals surface area contributed by atoms with E-state index in [9.17, 15) is 14.7 Å². The van der Waals surface area contributed by atoms with Gasteiger partial charge in [-0.15, -0.1) is 0 Å². The summed E-state index contributed by atoms with van der Waals surface area (Å²) < 4.78 is 10.6. The molecule has 146 valence electrons. The van der Waals surface area contributed by atoms with Crippen LogP contribution in [0.25, 0.3) is 0 Å². The molecule has 0 fully saturated rings. The van der Waals surface area contributed by atoms with Crippen molar-refractivity contribution in [3.8, 4) is 17.6 Å². The summed E-state index contributed by atoms with van der Waals surface area (Å²) in [4.78, 5) is 23.0. The lowest BCUT2D eigenvalue weighted by molar-refractivity contribution is -0.138. The molecular weight excluding hydrogens is 364 g/mol. The summed E-state index contributed by atoms with van der Waals surface area (Å²) >= 11 is 0. The van der Waals surface area contributed by atoms with E-state index in [4.69, 9.17) is 19.8 Å². The van der Waals surface area contributed by atoms with Gasteiger partial charge in [0.25, 0.3) is 0 Å². The van der Waals surface area contributed by atoms with Gasteiger partial charge in [0.05, 0.1) is 25.9 Å². The van der Waals surface area contributed by atoms with Crippen LogP contribution < -0.4 is 14.8 Å². The summed E-state index contributed by atoms with van der Waals surface area (Å²) in [7, 11) is 2.87. The first-order valence-electron chi connectivity index (χ1n) is 8.35. The van der Waals surface area contributed by atoms with Crippen molar-refractivity contribution in [3.63, 3.8) is 0 Å². The van der Waals surface area contributed by atoms with Crippen LogP contribution in [0.2, 0.25) is 0 Å². The fourth-order valence-corrected chi connectivity index (χ4v) is 2.78. The van der Waals surface area contributed by atoms with E-state index in [1.807, 2.05) is 6.07 Å². The Morgan fingerprint density at radius 2 is 1.82 bits per heavy atom. The minimum atomic E-state index is -1.18. The Labute approximate surface area is 161 Å². The Bertz CT molecular complexity index is 902. The van der Waals surface area contributed by atoms with Gasteiger partial charge in [0.15, 0.2) is 6.04 Å². The molecule has 0 radical (unpaired) electrons. The Hall–Kier alpha value is -3.73. The third-order valence-electron chi connectivity index (χ3n) is 4.14. The van der Waals surface area contributed by atoms with E-state index in [1.165, 1.54) is 14.2 Å². The van der Waals surface area contributed by atoms with Gasteiger partial charge in [0.2, 0.25) is 0 Å². The van der Waals surface area contributed by atoms with Gasteiger partial charge in [0, 0.05) is 23.7 Å². The molecular formula is C20H20N2O6. The number of carboxylic acid groups (broad SMARTS) is 2. The highest BCUT2D eigenvalue weighted by Crippen LogP contribution is 2.35. The van der Waals surface area contributed by atoms with Crippen LogP contribution in [0.3, 0.4) is 0 Å². The molecule has 0 spiro atoms. The Morgan fingerprint density at radius 3 is 2.32 bits per heavy atom. The van der Waals surface area contributed by atoms with Gasteiger partial charge in [-0.2, -0.15) is 5.26 Å². The van der Waals surface area contributed by atoms with E-state index in [2.05, 4.69) is 5.32 Å². The molecule has 0 amide bonds. The topological polar surface area (TPSA) is 129 Å². The number of nitriles is 1. The molecule has 0 aromatic heterocycles. The number of methoxy groups -OCH3 is 2. The predicted octanol–water partition coefficient (Wildman–Crippen LogP) is 2.83. The highest BCUT2D eigenvalue weighted by Gasteiger charge is 2.26. The van der Waals surface area contributed by atoms with Crippen molar-refractivity contribution < 1.29 is 29.3 Å². The number of carboxylic acids is 2. The second kappa shape index (κ2) is 9.28. The minimum absolute atomic E-state index is 0.0939. The summed E-state index contributed by atoms with van der Waals surface area (Å²) in [6, 6.07) is 10.3. The van der Waals surface area contributed by atoms with Crippen LogP contribution in [-0.2, 0) is 16.0 Å². The number of anilines is 1. The van der Waals surface area contributed by atoms with Gasteiger partial charge in [-0.05, 0) is 42.3 Å². The first-order valence-corrected chi connectivity index (χ1v) is 8.35. The van der Waals surface area contributed by atoms with Crippen molar-refractivity contribution in [3.05, 3.63) is 53.1 Å². The van der Waals surface area contributed by atoms with Gasteiger partial charge >= 0.3 is 11.9 Å². The predicted molar refractivity (Wildman–Crippen MR) is 101 cm³/mol. The number of rotatable bonds is 9. The molecule has 1 atom stereocenters. The third kappa shape index (κ3) is 4.92. The number of aliphatic carboxylic acids is 2. The molecule has 2 aromatic rings. The zero-order chi connectivity index (χ0) is 20.7. The summed E-state index contributed by atoms with van der Waals surface area (Å²) in [5.74, 6) is -1.42. The highest BCUT2D eigenvalue weighted by molar-refractivity contribution is 5.81. The Balaban J connectivity index is 2.51. The number of ether oxygens (including phenoxy) is 2. The lowest BCUT2D eigenvalue weighted by Gasteiger charge is -2.22. The molecule has 0 aliphatic carbocycles. The Kier molecular flexibility index (Phi) is 6.82. The van der Waals surface area contributed by atoms with Crippen LogP contribution in [0.15, 0.2) is 36.4 Å². The average Bonchev–Trinajstić information content (AvgIpc) is 2.69. The standard InChI is InChI=1S/C20H20N2O6/c1-27-14-9-16(15(7-8-18(23)24)17(10-14)28-2)19(20(25)26)22-13-5-3-12(11-21)4-6-13/h3-6,9-10,19,22H,7-8H2,1-2H3,(H,23,24)(H,25,26). The van der Waals surface area contributed by atoms with E-state index >= 15 is 0 Å². The number of nitrogens with zero attached hydrogens (tertiary/aromatic N) is 1. The maximum Gasteiger partial charge on any atom is 0.330 e. The molecule has 3 N–H and O–H groups in total. The van der Waals surface area contributed by atoms with E-state index < -0.39 is 18.0 Å². The van der Waals surface area contributed by atoms with E-state index in [-0.39, 0.29) is 12.8 Å². The quantitative estimate of drug-likeness (QED) is 0.602.